The van der Waals surface area contributed by atoms with Gasteiger partial charge in [-0.15, -0.1) is 0 Å². The number of methoxy groups -OCH3 is 1. The smallest absolute Gasteiger partial charge is 0.127 e. The van der Waals surface area contributed by atoms with Crippen LogP contribution in [0.15, 0.2) is 24.3 Å². The number of quaternary nitrogens is 3. The molecule has 0 amide bonds. The molecule has 2 aliphatic rings. The Hall–Kier alpha value is -1.10. The Bertz CT molecular complexity index is 456. The Labute approximate surface area is 140 Å². The standard InChI is InChI=1S/C19H31N3O/c1-23-19-7-5-17(6-8-19)16-22-12-3-2-4-18(22)9-13-21-14-10-20-11-15-21/h5-8,18,20H,2-4,9-16H2,1H3/p+3/t18-/m0/s1. The molecule has 2 saturated heterocycles. The van der Waals surface area contributed by atoms with Gasteiger partial charge in [-0.3, -0.25) is 0 Å². The van der Waals surface area contributed by atoms with Crippen LogP contribution >= 0.6 is 0 Å². The lowest BCUT2D eigenvalue weighted by Gasteiger charge is -2.33. The van der Waals surface area contributed by atoms with Crippen molar-refractivity contribution >= 4 is 0 Å². The van der Waals surface area contributed by atoms with Crippen LogP contribution in [0.1, 0.15) is 31.2 Å². The topological polar surface area (TPSA) is 34.7 Å². The molecule has 2 atom stereocenters. The van der Waals surface area contributed by atoms with Crippen LogP contribution in [0.25, 0.3) is 0 Å². The minimum atomic E-state index is 0.865. The molecule has 0 radical (unpaired) electrons. The van der Waals surface area contributed by atoms with E-state index in [0.717, 1.165) is 11.8 Å². The van der Waals surface area contributed by atoms with Gasteiger partial charge in [0.15, 0.2) is 0 Å². The van der Waals surface area contributed by atoms with E-state index in [1.807, 2.05) is 9.80 Å². The van der Waals surface area contributed by atoms with Gasteiger partial charge in [0.1, 0.15) is 38.5 Å². The van der Waals surface area contributed by atoms with Crippen molar-refractivity contribution in [2.24, 2.45) is 0 Å². The highest BCUT2D eigenvalue weighted by Gasteiger charge is 2.28. The van der Waals surface area contributed by atoms with Crippen LogP contribution in [-0.2, 0) is 6.54 Å². The number of hydrogen-bond acceptors (Lipinski definition) is 1. The molecule has 4 nitrogen and oxygen atoms in total. The van der Waals surface area contributed by atoms with Gasteiger partial charge in [-0.25, -0.2) is 0 Å². The van der Waals surface area contributed by atoms with E-state index in [4.69, 9.17) is 4.74 Å². The SMILES string of the molecule is COc1ccc(C[NH+]2CCCC[C@H]2CC[NH+]2CC[NH2+]CC2)cc1. The molecule has 0 aliphatic carbocycles. The van der Waals surface area contributed by atoms with Crippen LogP contribution in [0.3, 0.4) is 0 Å². The van der Waals surface area contributed by atoms with Gasteiger partial charge in [0.25, 0.3) is 0 Å². The number of piperidine rings is 1. The average Bonchev–Trinajstić information content (AvgIpc) is 2.62. The summed E-state index contributed by atoms with van der Waals surface area (Å²) in [5.41, 5.74) is 1.45. The first kappa shape index (κ1) is 16.7. The molecule has 1 unspecified atom stereocenters. The Morgan fingerprint density at radius 1 is 1.09 bits per heavy atom. The zero-order chi connectivity index (χ0) is 15.9. The monoisotopic (exact) mass is 320 g/mol. The Morgan fingerprint density at radius 2 is 1.87 bits per heavy atom. The van der Waals surface area contributed by atoms with Gasteiger partial charge >= 0.3 is 0 Å². The van der Waals surface area contributed by atoms with Crippen molar-refractivity contribution in [2.75, 3.05) is 46.4 Å². The quantitative estimate of drug-likeness (QED) is 0.585. The molecular formula is C19H34N3O+3. The fourth-order valence-electron chi connectivity index (χ4n) is 4.25. The lowest BCUT2D eigenvalue weighted by Crippen LogP contribution is -3.21. The summed E-state index contributed by atoms with van der Waals surface area (Å²) in [5.74, 6) is 0.962. The highest BCUT2D eigenvalue weighted by Crippen LogP contribution is 2.12. The molecule has 2 heterocycles. The molecule has 128 valence electrons. The minimum absolute atomic E-state index is 0.865. The van der Waals surface area contributed by atoms with E-state index in [9.17, 15) is 0 Å². The van der Waals surface area contributed by atoms with Crippen LogP contribution in [0.2, 0.25) is 0 Å². The molecule has 0 spiro atoms. The third-order valence-corrected chi connectivity index (χ3v) is 5.72. The maximum atomic E-state index is 5.27. The largest absolute Gasteiger partial charge is 0.497 e. The molecule has 1 aromatic rings. The first-order valence-electron chi connectivity index (χ1n) is 9.48. The molecule has 0 bridgehead atoms. The summed E-state index contributed by atoms with van der Waals surface area (Å²) in [4.78, 5) is 3.64. The number of likely N-dealkylation sites (tertiary alicyclic amines) is 1. The van der Waals surface area contributed by atoms with Crippen LogP contribution in [0.5, 0.6) is 5.75 Å². The summed E-state index contributed by atoms with van der Waals surface area (Å²) in [7, 11) is 1.74. The van der Waals surface area contributed by atoms with E-state index in [1.54, 1.807) is 7.11 Å². The third kappa shape index (κ3) is 4.93. The zero-order valence-corrected chi connectivity index (χ0v) is 14.7. The van der Waals surface area contributed by atoms with E-state index < -0.39 is 0 Å². The number of nitrogens with one attached hydrogen (secondary N) is 2. The molecule has 2 fully saturated rings. The van der Waals surface area contributed by atoms with Crippen molar-refractivity contribution in [1.29, 1.82) is 0 Å². The van der Waals surface area contributed by atoms with E-state index in [2.05, 4.69) is 29.6 Å². The molecule has 0 saturated carbocycles. The van der Waals surface area contributed by atoms with E-state index in [1.165, 1.54) is 77.1 Å². The van der Waals surface area contributed by atoms with Crippen LogP contribution < -0.4 is 19.9 Å². The van der Waals surface area contributed by atoms with Crippen molar-refractivity contribution in [3.8, 4) is 5.75 Å². The summed E-state index contributed by atoms with van der Waals surface area (Å²) >= 11 is 0. The van der Waals surface area contributed by atoms with E-state index in [-0.39, 0.29) is 0 Å². The lowest BCUT2D eigenvalue weighted by atomic mass is 9.98. The molecule has 4 heteroatoms. The van der Waals surface area contributed by atoms with Gasteiger partial charge in [0.2, 0.25) is 0 Å². The van der Waals surface area contributed by atoms with Gasteiger partial charge in [-0.05, 0) is 43.5 Å². The number of nitrogens with two attached hydrogens (primary N) is 1. The Morgan fingerprint density at radius 3 is 2.61 bits per heavy atom. The molecular weight excluding hydrogens is 286 g/mol. The number of rotatable bonds is 6. The highest BCUT2D eigenvalue weighted by molar-refractivity contribution is 5.26. The highest BCUT2D eigenvalue weighted by atomic mass is 16.5. The van der Waals surface area contributed by atoms with Crippen molar-refractivity contribution in [3.63, 3.8) is 0 Å². The maximum Gasteiger partial charge on any atom is 0.127 e. The molecule has 4 N–H and O–H groups in total. The first-order valence-corrected chi connectivity index (χ1v) is 9.48. The van der Waals surface area contributed by atoms with Gasteiger partial charge in [-0.2, -0.15) is 0 Å². The van der Waals surface area contributed by atoms with Crippen LogP contribution in [0.4, 0.5) is 0 Å². The van der Waals surface area contributed by atoms with Crippen LogP contribution in [-0.4, -0.2) is 52.4 Å². The lowest BCUT2D eigenvalue weighted by molar-refractivity contribution is -0.964. The van der Waals surface area contributed by atoms with Gasteiger partial charge in [-0.1, -0.05) is 0 Å². The molecule has 23 heavy (non-hydrogen) atoms. The van der Waals surface area contributed by atoms with E-state index in [0.29, 0.717) is 0 Å². The fourth-order valence-corrected chi connectivity index (χ4v) is 4.25. The fraction of sp³-hybridized carbons (Fsp3) is 0.684. The summed E-state index contributed by atoms with van der Waals surface area (Å²) in [6.45, 7) is 9.27. The molecule has 0 aromatic heterocycles. The second-order valence-corrected chi connectivity index (χ2v) is 7.28. The summed E-state index contributed by atoms with van der Waals surface area (Å²) in [6, 6.07) is 9.54. The maximum absolute atomic E-state index is 5.27. The van der Waals surface area contributed by atoms with Gasteiger partial charge < -0.3 is 19.9 Å². The number of hydrogen-bond donors (Lipinski definition) is 3. The summed E-state index contributed by atoms with van der Waals surface area (Å²) in [5, 5.41) is 2.46. The van der Waals surface area contributed by atoms with Crippen molar-refractivity contribution in [2.45, 2.75) is 38.3 Å². The van der Waals surface area contributed by atoms with Gasteiger partial charge in [0, 0.05) is 12.0 Å². The second-order valence-electron chi connectivity index (χ2n) is 7.28. The van der Waals surface area contributed by atoms with Gasteiger partial charge in [0.05, 0.1) is 26.2 Å². The predicted molar refractivity (Wildman–Crippen MR) is 92.0 cm³/mol. The normalized spacial score (nSPS) is 26.1. The Kier molecular flexibility index (Phi) is 6.31. The third-order valence-electron chi connectivity index (χ3n) is 5.72. The summed E-state index contributed by atoms with van der Waals surface area (Å²) in [6.07, 6.45) is 5.65. The predicted octanol–water partition coefficient (Wildman–Crippen LogP) is -1.52. The Balaban J connectivity index is 1.52. The minimum Gasteiger partial charge on any atom is -0.497 e. The molecule has 2 aliphatic heterocycles. The number of ether oxygens (including phenoxy) is 1. The van der Waals surface area contributed by atoms with E-state index >= 15 is 0 Å². The molecule has 3 rings (SSSR count). The van der Waals surface area contributed by atoms with Crippen molar-refractivity contribution < 1.29 is 19.9 Å². The number of piperazine rings is 1. The second kappa shape index (κ2) is 8.67. The summed E-state index contributed by atoms with van der Waals surface area (Å²) < 4.78 is 5.27. The first-order chi connectivity index (χ1) is 11.3. The van der Waals surface area contributed by atoms with Crippen molar-refractivity contribution in [1.82, 2.24) is 0 Å². The molecule has 1 aromatic carbocycles. The number of benzene rings is 1. The van der Waals surface area contributed by atoms with Crippen LogP contribution in [0, 0.1) is 0 Å². The zero-order valence-electron chi connectivity index (χ0n) is 14.7. The average molecular weight is 321 g/mol. The van der Waals surface area contributed by atoms with Crippen molar-refractivity contribution in [3.05, 3.63) is 29.8 Å².